The average Bonchev–Trinajstić information content (AvgIpc) is 3.21. The fourth-order valence-electron chi connectivity index (χ4n) is 3.20. The average molecular weight is 400 g/mol. The summed E-state index contributed by atoms with van der Waals surface area (Å²) in [5.74, 6) is -0.562. The Labute approximate surface area is 161 Å². The number of amides is 1. The smallest absolute Gasteiger partial charge is 0.289 e. The van der Waals surface area contributed by atoms with Gasteiger partial charge in [-0.15, -0.1) is 0 Å². The number of sulfonamides is 1. The van der Waals surface area contributed by atoms with Crippen LogP contribution in [0.25, 0.3) is 0 Å². The topological polar surface area (TPSA) is 79.6 Å². The van der Waals surface area contributed by atoms with Crippen molar-refractivity contribution in [1.29, 1.82) is 0 Å². The van der Waals surface area contributed by atoms with E-state index >= 15 is 0 Å². The molecule has 4 rings (SSSR count). The molecule has 0 saturated heterocycles. The molecule has 0 fully saturated rings. The Morgan fingerprint density at radius 3 is 2.68 bits per heavy atom. The van der Waals surface area contributed by atoms with Crippen LogP contribution in [0.15, 0.2) is 70.2 Å². The van der Waals surface area contributed by atoms with Crippen molar-refractivity contribution in [2.75, 3.05) is 11.3 Å². The van der Waals surface area contributed by atoms with Gasteiger partial charge in [0.15, 0.2) is 5.76 Å². The van der Waals surface area contributed by atoms with Crippen molar-refractivity contribution < 1.29 is 22.0 Å². The minimum atomic E-state index is -3.91. The van der Waals surface area contributed by atoms with Crippen LogP contribution < -0.4 is 4.72 Å². The van der Waals surface area contributed by atoms with Gasteiger partial charge in [-0.05, 0) is 60.0 Å². The van der Waals surface area contributed by atoms with Gasteiger partial charge in [-0.25, -0.2) is 12.8 Å². The monoisotopic (exact) mass is 400 g/mol. The van der Waals surface area contributed by atoms with Crippen LogP contribution in [0.1, 0.15) is 21.7 Å². The lowest BCUT2D eigenvalue weighted by Crippen LogP contribution is -2.35. The molecular formula is C20H17FN2O4S. The van der Waals surface area contributed by atoms with Crippen LogP contribution >= 0.6 is 0 Å². The van der Waals surface area contributed by atoms with Gasteiger partial charge in [0, 0.05) is 18.8 Å². The summed E-state index contributed by atoms with van der Waals surface area (Å²) in [5.41, 5.74) is 2.26. The van der Waals surface area contributed by atoms with Crippen molar-refractivity contribution in [1.82, 2.24) is 4.90 Å². The van der Waals surface area contributed by atoms with Crippen molar-refractivity contribution in [3.63, 3.8) is 0 Å². The predicted octanol–water partition coefficient (Wildman–Crippen LogP) is 3.42. The van der Waals surface area contributed by atoms with E-state index in [1.807, 2.05) is 6.07 Å². The molecule has 0 saturated carbocycles. The molecule has 1 aromatic heterocycles. The third-order valence-electron chi connectivity index (χ3n) is 4.60. The van der Waals surface area contributed by atoms with E-state index in [2.05, 4.69) is 4.72 Å². The van der Waals surface area contributed by atoms with Crippen LogP contribution in [0.3, 0.4) is 0 Å². The molecule has 28 heavy (non-hydrogen) atoms. The second kappa shape index (κ2) is 7.12. The number of rotatable bonds is 4. The van der Waals surface area contributed by atoms with Crippen molar-refractivity contribution in [2.45, 2.75) is 17.9 Å². The molecule has 2 heterocycles. The van der Waals surface area contributed by atoms with E-state index in [0.717, 1.165) is 17.2 Å². The Hall–Kier alpha value is -3.13. The lowest BCUT2D eigenvalue weighted by molar-refractivity contribution is 0.0702. The maximum atomic E-state index is 13.4. The normalized spacial score (nSPS) is 13.8. The Bertz CT molecular complexity index is 1130. The largest absolute Gasteiger partial charge is 0.459 e. The zero-order chi connectivity index (χ0) is 19.7. The van der Waals surface area contributed by atoms with E-state index in [-0.39, 0.29) is 16.6 Å². The second-order valence-electron chi connectivity index (χ2n) is 6.50. The van der Waals surface area contributed by atoms with Gasteiger partial charge < -0.3 is 9.32 Å². The van der Waals surface area contributed by atoms with Crippen molar-refractivity contribution in [2.24, 2.45) is 0 Å². The van der Waals surface area contributed by atoms with Crippen molar-refractivity contribution in [3.05, 3.63) is 83.6 Å². The molecule has 0 bridgehead atoms. The van der Waals surface area contributed by atoms with Gasteiger partial charge in [-0.1, -0.05) is 12.1 Å². The molecule has 1 N–H and O–H groups in total. The number of nitrogens with zero attached hydrogens (tertiary/aromatic N) is 1. The summed E-state index contributed by atoms with van der Waals surface area (Å²) in [5, 5.41) is 0. The van der Waals surface area contributed by atoms with E-state index in [1.54, 1.807) is 29.2 Å². The molecular weight excluding hydrogens is 383 g/mol. The molecule has 144 valence electrons. The number of furan rings is 1. The first-order valence-electron chi connectivity index (χ1n) is 8.65. The number of nitrogens with one attached hydrogen (secondary N) is 1. The number of benzene rings is 2. The quantitative estimate of drug-likeness (QED) is 0.728. The highest BCUT2D eigenvalue weighted by Crippen LogP contribution is 2.25. The number of fused-ring (bicyclic) bond motifs is 1. The summed E-state index contributed by atoms with van der Waals surface area (Å²) >= 11 is 0. The van der Waals surface area contributed by atoms with Gasteiger partial charge in [-0.2, -0.15) is 0 Å². The van der Waals surface area contributed by atoms with Gasteiger partial charge in [0.25, 0.3) is 15.9 Å². The number of halogens is 1. The molecule has 3 aromatic rings. The molecule has 8 heteroatoms. The first-order chi connectivity index (χ1) is 13.4. The van der Waals surface area contributed by atoms with Crippen LogP contribution in [0.4, 0.5) is 10.1 Å². The fraction of sp³-hybridized carbons (Fsp3) is 0.150. The SMILES string of the molecule is O=C(c1ccco1)N1CCc2ccc(NS(=O)(=O)c3cccc(F)c3)cc2C1. The number of hydrogen-bond donors (Lipinski definition) is 1. The lowest BCUT2D eigenvalue weighted by atomic mass is 9.99. The van der Waals surface area contributed by atoms with E-state index in [0.29, 0.717) is 25.2 Å². The molecule has 1 aliphatic rings. The molecule has 0 unspecified atom stereocenters. The molecule has 1 aliphatic heterocycles. The van der Waals surface area contributed by atoms with Crippen molar-refractivity contribution >= 4 is 21.6 Å². The standard InChI is InChI=1S/C20H17FN2O4S/c21-16-3-1-4-18(12-16)28(25,26)22-17-7-6-14-8-9-23(13-15(14)11-17)20(24)19-5-2-10-27-19/h1-7,10-12,22H,8-9,13H2. The lowest BCUT2D eigenvalue weighted by Gasteiger charge is -2.28. The van der Waals surface area contributed by atoms with Gasteiger partial charge in [0.05, 0.1) is 11.2 Å². The highest BCUT2D eigenvalue weighted by atomic mass is 32.2. The Morgan fingerprint density at radius 2 is 1.93 bits per heavy atom. The first-order valence-corrected chi connectivity index (χ1v) is 10.1. The van der Waals surface area contributed by atoms with Crippen LogP contribution in [0.2, 0.25) is 0 Å². The summed E-state index contributed by atoms with van der Waals surface area (Å²) in [4.78, 5) is 14.0. The van der Waals surface area contributed by atoms with Gasteiger partial charge in [0.2, 0.25) is 0 Å². The number of carbonyl (C=O) groups excluding carboxylic acids is 1. The van der Waals surface area contributed by atoms with E-state index < -0.39 is 15.8 Å². The van der Waals surface area contributed by atoms with Crippen LogP contribution in [-0.4, -0.2) is 25.8 Å². The Kier molecular flexibility index (Phi) is 4.64. The molecule has 0 atom stereocenters. The van der Waals surface area contributed by atoms with Gasteiger partial charge >= 0.3 is 0 Å². The van der Waals surface area contributed by atoms with Crippen LogP contribution in [-0.2, 0) is 23.0 Å². The van der Waals surface area contributed by atoms with E-state index in [9.17, 15) is 17.6 Å². The minimum absolute atomic E-state index is 0.153. The molecule has 2 aromatic carbocycles. The molecule has 0 spiro atoms. The molecule has 0 radical (unpaired) electrons. The van der Waals surface area contributed by atoms with E-state index in [1.165, 1.54) is 24.5 Å². The molecule has 0 aliphatic carbocycles. The van der Waals surface area contributed by atoms with Crippen LogP contribution in [0.5, 0.6) is 0 Å². The third kappa shape index (κ3) is 3.63. The molecule has 1 amide bonds. The summed E-state index contributed by atoms with van der Waals surface area (Å²) in [6.07, 6.45) is 2.11. The van der Waals surface area contributed by atoms with Crippen LogP contribution in [0, 0.1) is 5.82 Å². The predicted molar refractivity (Wildman–Crippen MR) is 101 cm³/mol. The Balaban J connectivity index is 1.56. The Morgan fingerprint density at radius 1 is 1.07 bits per heavy atom. The zero-order valence-electron chi connectivity index (χ0n) is 14.8. The van der Waals surface area contributed by atoms with Gasteiger partial charge in [-0.3, -0.25) is 9.52 Å². The van der Waals surface area contributed by atoms with Gasteiger partial charge in [0.1, 0.15) is 5.82 Å². The summed E-state index contributed by atoms with van der Waals surface area (Å²) in [6, 6.07) is 13.3. The summed E-state index contributed by atoms with van der Waals surface area (Å²) in [6.45, 7) is 0.908. The number of carbonyl (C=O) groups is 1. The molecule has 6 nitrogen and oxygen atoms in total. The maximum absolute atomic E-state index is 13.4. The summed E-state index contributed by atoms with van der Waals surface area (Å²) in [7, 11) is -3.91. The highest BCUT2D eigenvalue weighted by molar-refractivity contribution is 7.92. The number of anilines is 1. The first kappa shape index (κ1) is 18.2. The van der Waals surface area contributed by atoms with E-state index in [4.69, 9.17) is 4.42 Å². The second-order valence-corrected chi connectivity index (χ2v) is 8.18. The zero-order valence-corrected chi connectivity index (χ0v) is 15.6. The maximum Gasteiger partial charge on any atom is 0.289 e. The highest BCUT2D eigenvalue weighted by Gasteiger charge is 2.24. The minimum Gasteiger partial charge on any atom is -0.459 e. The number of hydrogen-bond acceptors (Lipinski definition) is 4. The van der Waals surface area contributed by atoms with Crippen molar-refractivity contribution in [3.8, 4) is 0 Å². The summed E-state index contributed by atoms with van der Waals surface area (Å²) < 4.78 is 46.0. The fourth-order valence-corrected chi connectivity index (χ4v) is 4.28. The third-order valence-corrected chi connectivity index (χ3v) is 5.98.